The van der Waals surface area contributed by atoms with E-state index in [-0.39, 0.29) is 5.92 Å². The van der Waals surface area contributed by atoms with E-state index in [0.717, 1.165) is 54.5 Å². The van der Waals surface area contributed by atoms with Crippen molar-refractivity contribution in [3.63, 3.8) is 0 Å². The van der Waals surface area contributed by atoms with Gasteiger partial charge in [-0.15, -0.1) is 11.3 Å². The average Bonchev–Trinajstić information content (AvgIpc) is 3.41. The van der Waals surface area contributed by atoms with Crippen LogP contribution in [-0.2, 0) is 17.8 Å². The first-order valence-electron chi connectivity index (χ1n) is 12.0. The van der Waals surface area contributed by atoms with Crippen LogP contribution in [0.25, 0.3) is 11.3 Å². The van der Waals surface area contributed by atoms with Crippen molar-refractivity contribution in [1.29, 1.82) is 0 Å². The van der Waals surface area contributed by atoms with Crippen molar-refractivity contribution in [2.45, 2.75) is 46.6 Å². The van der Waals surface area contributed by atoms with Crippen molar-refractivity contribution in [2.75, 3.05) is 18.0 Å². The fourth-order valence-electron chi connectivity index (χ4n) is 5.44. The molecular formula is C28H32N2O2S. The van der Waals surface area contributed by atoms with Crippen LogP contribution in [0.4, 0.5) is 5.13 Å². The van der Waals surface area contributed by atoms with Crippen molar-refractivity contribution in [3.05, 3.63) is 64.0 Å². The number of hydrogen-bond donors (Lipinski definition) is 0. The quantitative estimate of drug-likeness (QED) is 0.392. The maximum absolute atomic E-state index is 11.5. The number of aromatic nitrogens is 1. The number of aldehydes is 1. The molecule has 2 bridgehead atoms. The van der Waals surface area contributed by atoms with E-state index in [9.17, 15) is 4.79 Å². The van der Waals surface area contributed by atoms with Gasteiger partial charge in [0, 0.05) is 30.0 Å². The predicted molar refractivity (Wildman–Crippen MR) is 135 cm³/mol. The maximum atomic E-state index is 11.5. The molecule has 172 valence electrons. The molecule has 1 saturated heterocycles. The first kappa shape index (κ1) is 22.1. The predicted octanol–water partition coefficient (Wildman–Crippen LogP) is 6.23. The van der Waals surface area contributed by atoms with Crippen LogP contribution in [0.5, 0.6) is 5.75 Å². The molecule has 2 atom stereocenters. The lowest BCUT2D eigenvalue weighted by atomic mass is 9.87. The van der Waals surface area contributed by atoms with E-state index in [2.05, 4.69) is 67.4 Å². The normalized spacial score (nSPS) is 21.9. The number of thiazole rings is 1. The minimum absolute atomic E-state index is 0.243. The second-order valence-corrected chi connectivity index (χ2v) is 10.5. The van der Waals surface area contributed by atoms with Gasteiger partial charge in [-0.2, -0.15) is 0 Å². The number of carbonyl (C=O) groups is 1. The van der Waals surface area contributed by atoms with Gasteiger partial charge in [0.05, 0.1) is 5.69 Å². The molecule has 1 aromatic heterocycles. The molecule has 4 nitrogen and oxygen atoms in total. The zero-order valence-electron chi connectivity index (χ0n) is 19.7. The molecule has 2 aliphatic rings. The third-order valence-corrected chi connectivity index (χ3v) is 8.34. The standard InChI is InChI=1S/C28H32N2O2S/c1-4-20-6-7-23(19(3)12-20)16-32-27-10-5-18(2)11-24(27)26-17-33-28(29-26)30-13-21-8-9-22(14-30)25(21)15-31/h5-7,10-12,15,17,21-22,25H,4,8-9,13-14,16H2,1-3H3. The molecule has 0 radical (unpaired) electrons. The number of hydrogen-bond acceptors (Lipinski definition) is 5. The number of aryl methyl sites for hydroxylation is 3. The van der Waals surface area contributed by atoms with Gasteiger partial charge in [0.2, 0.25) is 0 Å². The van der Waals surface area contributed by atoms with Gasteiger partial charge in [-0.3, -0.25) is 0 Å². The molecule has 33 heavy (non-hydrogen) atoms. The number of nitrogens with zero attached hydrogens (tertiary/aromatic N) is 2. The van der Waals surface area contributed by atoms with Crippen LogP contribution in [0.15, 0.2) is 41.8 Å². The van der Waals surface area contributed by atoms with E-state index in [1.165, 1.54) is 28.5 Å². The average molecular weight is 461 g/mol. The third-order valence-electron chi connectivity index (χ3n) is 7.44. The van der Waals surface area contributed by atoms with E-state index in [1.54, 1.807) is 11.3 Å². The van der Waals surface area contributed by atoms with Crippen LogP contribution >= 0.6 is 11.3 Å². The SMILES string of the molecule is CCc1ccc(COc2ccc(C)cc2-c2csc(N3CC4CCC(C3)C4C=O)n2)c(C)c1. The van der Waals surface area contributed by atoms with Crippen molar-refractivity contribution < 1.29 is 9.53 Å². The van der Waals surface area contributed by atoms with E-state index in [1.807, 2.05) is 0 Å². The smallest absolute Gasteiger partial charge is 0.185 e. The molecule has 2 unspecified atom stereocenters. The summed E-state index contributed by atoms with van der Waals surface area (Å²) in [5.74, 6) is 2.08. The molecule has 1 aliphatic carbocycles. The highest BCUT2D eigenvalue weighted by atomic mass is 32.1. The Morgan fingerprint density at radius 3 is 2.61 bits per heavy atom. The van der Waals surface area contributed by atoms with Gasteiger partial charge >= 0.3 is 0 Å². The topological polar surface area (TPSA) is 42.4 Å². The first-order chi connectivity index (χ1) is 16.1. The summed E-state index contributed by atoms with van der Waals surface area (Å²) in [6.45, 7) is 8.87. The lowest BCUT2D eigenvalue weighted by Crippen LogP contribution is -2.42. The summed E-state index contributed by atoms with van der Waals surface area (Å²) in [4.78, 5) is 18.9. The van der Waals surface area contributed by atoms with Crippen LogP contribution in [0.1, 0.15) is 42.0 Å². The fraction of sp³-hybridized carbons (Fsp3) is 0.429. The summed E-state index contributed by atoms with van der Waals surface area (Å²) in [7, 11) is 0. The summed E-state index contributed by atoms with van der Waals surface area (Å²) in [5, 5.41) is 3.20. The van der Waals surface area contributed by atoms with Gasteiger partial charge in [0.25, 0.3) is 0 Å². The maximum Gasteiger partial charge on any atom is 0.185 e. The summed E-state index contributed by atoms with van der Waals surface area (Å²) in [6, 6.07) is 13.0. The Kier molecular flexibility index (Phi) is 6.24. The summed E-state index contributed by atoms with van der Waals surface area (Å²) in [6.07, 6.45) is 4.57. The highest BCUT2D eigenvalue weighted by Crippen LogP contribution is 2.43. The molecule has 0 N–H and O–H groups in total. The number of piperidine rings is 1. The Labute approximate surface area is 200 Å². The fourth-order valence-corrected chi connectivity index (χ4v) is 6.29. The summed E-state index contributed by atoms with van der Waals surface area (Å²) < 4.78 is 6.33. The molecule has 0 spiro atoms. The van der Waals surface area contributed by atoms with E-state index in [0.29, 0.717) is 18.4 Å². The monoisotopic (exact) mass is 460 g/mol. The first-order valence-corrected chi connectivity index (χ1v) is 12.9. The van der Waals surface area contributed by atoms with Gasteiger partial charge in [-0.05, 0) is 73.8 Å². The molecule has 5 rings (SSSR count). The highest BCUT2D eigenvalue weighted by Gasteiger charge is 2.42. The van der Waals surface area contributed by atoms with Crippen LogP contribution in [0.2, 0.25) is 0 Å². The van der Waals surface area contributed by atoms with Crippen LogP contribution < -0.4 is 9.64 Å². The Bertz CT molecular complexity index is 1140. The van der Waals surface area contributed by atoms with Gasteiger partial charge in [0.15, 0.2) is 5.13 Å². The molecule has 5 heteroatoms. The largest absolute Gasteiger partial charge is 0.488 e. The molecule has 2 aromatic carbocycles. The van der Waals surface area contributed by atoms with Gasteiger partial charge < -0.3 is 14.4 Å². The number of carbonyl (C=O) groups excluding carboxylic acids is 1. The molecule has 2 heterocycles. The zero-order chi connectivity index (χ0) is 22.9. The number of rotatable bonds is 7. The lowest BCUT2D eigenvalue weighted by molar-refractivity contribution is -0.113. The number of ether oxygens (including phenoxy) is 1. The second-order valence-electron chi connectivity index (χ2n) is 9.63. The molecule has 1 aliphatic heterocycles. The van der Waals surface area contributed by atoms with Crippen LogP contribution in [-0.4, -0.2) is 24.4 Å². The number of anilines is 1. The number of fused-ring (bicyclic) bond motifs is 2. The van der Waals surface area contributed by atoms with E-state index < -0.39 is 0 Å². The minimum Gasteiger partial charge on any atom is -0.488 e. The Morgan fingerprint density at radius 2 is 1.91 bits per heavy atom. The Balaban J connectivity index is 1.36. The van der Waals surface area contributed by atoms with Crippen molar-refractivity contribution in [1.82, 2.24) is 4.98 Å². The summed E-state index contributed by atoms with van der Waals surface area (Å²) in [5.41, 5.74) is 7.05. The zero-order valence-corrected chi connectivity index (χ0v) is 20.5. The van der Waals surface area contributed by atoms with Crippen molar-refractivity contribution in [2.24, 2.45) is 17.8 Å². The van der Waals surface area contributed by atoms with Crippen LogP contribution in [0, 0.1) is 31.6 Å². The second kappa shape index (κ2) is 9.30. The van der Waals surface area contributed by atoms with E-state index >= 15 is 0 Å². The Morgan fingerprint density at radius 1 is 1.12 bits per heavy atom. The molecule has 0 amide bonds. The third kappa shape index (κ3) is 4.43. The van der Waals surface area contributed by atoms with E-state index in [4.69, 9.17) is 9.72 Å². The Hall–Kier alpha value is -2.66. The lowest BCUT2D eigenvalue weighted by Gasteiger charge is -2.35. The van der Waals surface area contributed by atoms with Crippen LogP contribution in [0.3, 0.4) is 0 Å². The molecule has 1 saturated carbocycles. The number of benzene rings is 2. The van der Waals surface area contributed by atoms with Crippen molar-refractivity contribution in [3.8, 4) is 17.0 Å². The molecule has 2 fully saturated rings. The molecule has 3 aromatic rings. The summed E-state index contributed by atoms with van der Waals surface area (Å²) >= 11 is 1.70. The highest BCUT2D eigenvalue weighted by molar-refractivity contribution is 7.14. The molecular weight excluding hydrogens is 428 g/mol. The van der Waals surface area contributed by atoms with Crippen molar-refractivity contribution >= 4 is 22.8 Å². The van der Waals surface area contributed by atoms with Gasteiger partial charge in [-0.1, -0.05) is 36.8 Å². The van der Waals surface area contributed by atoms with Gasteiger partial charge in [0.1, 0.15) is 18.6 Å². The van der Waals surface area contributed by atoms with Gasteiger partial charge in [-0.25, -0.2) is 4.98 Å². The minimum atomic E-state index is 0.243.